The van der Waals surface area contributed by atoms with Crippen LogP contribution in [0.25, 0.3) is 0 Å². The molecule has 0 saturated carbocycles. The second-order valence-electron chi connectivity index (χ2n) is 4.23. The molecular weight excluding hydrogens is 298 g/mol. The molecule has 0 bridgehead atoms. The van der Waals surface area contributed by atoms with Gasteiger partial charge in [0.25, 0.3) is 5.91 Å². The molecule has 116 valence electrons. The molecule has 0 aliphatic rings. The molecule has 0 aliphatic carbocycles. The Labute approximate surface area is 116 Å². The Bertz CT molecular complexity index is 573. The van der Waals surface area contributed by atoms with Crippen molar-refractivity contribution in [3.63, 3.8) is 0 Å². The molecular formula is C12H11F4NO4. The van der Waals surface area contributed by atoms with E-state index in [1.165, 1.54) is 12.4 Å². The maximum absolute atomic E-state index is 13.6. The van der Waals surface area contributed by atoms with Gasteiger partial charge in [-0.1, -0.05) is 0 Å². The topological polar surface area (TPSA) is 75.6 Å². The van der Waals surface area contributed by atoms with Gasteiger partial charge >= 0.3 is 12.1 Å². The zero-order valence-electron chi connectivity index (χ0n) is 10.9. The lowest BCUT2D eigenvalue weighted by molar-refractivity contribution is -0.203. The third kappa shape index (κ3) is 3.23. The van der Waals surface area contributed by atoms with E-state index in [0.717, 1.165) is 18.2 Å². The molecule has 1 aromatic carbocycles. The van der Waals surface area contributed by atoms with E-state index in [-0.39, 0.29) is 12.7 Å². The molecule has 9 heteroatoms. The van der Waals surface area contributed by atoms with E-state index >= 15 is 0 Å². The summed E-state index contributed by atoms with van der Waals surface area (Å²) < 4.78 is 56.5. The number of benzene rings is 1. The number of amides is 1. The first kappa shape index (κ1) is 16.7. The highest BCUT2D eigenvalue weighted by atomic mass is 19.4. The number of halogens is 4. The molecule has 1 aromatic rings. The Morgan fingerprint density at radius 1 is 1.29 bits per heavy atom. The highest BCUT2D eigenvalue weighted by Gasteiger charge is 2.58. The summed E-state index contributed by atoms with van der Waals surface area (Å²) in [6.45, 7) is 0.272. The number of carbonyl (C=O) groups excluding carboxylic acids is 1. The summed E-state index contributed by atoms with van der Waals surface area (Å²) >= 11 is 0. The minimum Gasteiger partial charge on any atom is -0.497 e. The Morgan fingerprint density at radius 3 is 2.24 bits per heavy atom. The van der Waals surface area contributed by atoms with Crippen LogP contribution < -0.4 is 10.1 Å². The van der Waals surface area contributed by atoms with Crippen molar-refractivity contribution < 1.29 is 37.0 Å². The first-order chi connectivity index (χ1) is 9.52. The fraction of sp³-hybridized carbons (Fsp3) is 0.333. The Hall–Kier alpha value is -2.32. The summed E-state index contributed by atoms with van der Waals surface area (Å²) in [5.41, 5.74) is -4.26. The van der Waals surface area contributed by atoms with Gasteiger partial charge in [-0.15, -0.1) is 0 Å². The number of ether oxygens (including phenoxy) is 1. The minimum absolute atomic E-state index is 0.0564. The molecule has 0 saturated heterocycles. The van der Waals surface area contributed by atoms with Gasteiger partial charge in [0.05, 0.1) is 12.7 Å². The maximum Gasteiger partial charge on any atom is 0.422 e. The fourth-order valence-corrected chi connectivity index (χ4v) is 1.35. The van der Waals surface area contributed by atoms with E-state index in [1.807, 2.05) is 0 Å². The summed E-state index contributed by atoms with van der Waals surface area (Å²) in [5, 5.41) is 9.95. The van der Waals surface area contributed by atoms with Crippen molar-refractivity contribution in [1.82, 2.24) is 5.32 Å². The summed E-state index contributed by atoms with van der Waals surface area (Å²) in [6, 6.07) is 2.84. The van der Waals surface area contributed by atoms with Crippen molar-refractivity contribution >= 4 is 11.9 Å². The Balaban J connectivity index is 3.12. The summed E-state index contributed by atoms with van der Waals surface area (Å²) in [4.78, 5) is 22.4. The number of carbonyl (C=O) groups is 2. The molecule has 0 fully saturated rings. The van der Waals surface area contributed by atoms with E-state index in [4.69, 9.17) is 5.11 Å². The number of methoxy groups -OCH3 is 1. The van der Waals surface area contributed by atoms with Gasteiger partial charge < -0.3 is 15.2 Å². The first-order valence-corrected chi connectivity index (χ1v) is 5.49. The Kier molecular flexibility index (Phi) is 4.45. The summed E-state index contributed by atoms with van der Waals surface area (Å²) in [5.74, 6) is -4.89. The van der Waals surface area contributed by atoms with Crippen LogP contribution in [0.2, 0.25) is 0 Å². The summed E-state index contributed by atoms with van der Waals surface area (Å²) in [7, 11) is 1.24. The van der Waals surface area contributed by atoms with Crippen LogP contribution >= 0.6 is 0 Å². The van der Waals surface area contributed by atoms with Crippen LogP contribution in [0, 0.1) is 5.82 Å². The zero-order valence-corrected chi connectivity index (χ0v) is 10.9. The van der Waals surface area contributed by atoms with Crippen LogP contribution in [-0.4, -0.2) is 35.8 Å². The lowest BCUT2D eigenvalue weighted by Gasteiger charge is -2.28. The van der Waals surface area contributed by atoms with Gasteiger partial charge in [-0.05, 0) is 19.1 Å². The van der Waals surface area contributed by atoms with Crippen molar-refractivity contribution in [1.29, 1.82) is 0 Å². The second kappa shape index (κ2) is 5.58. The van der Waals surface area contributed by atoms with Crippen LogP contribution in [0.4, 0.5) is 17.6 Å². The van der Waals surface area contributed by atoms with E-state index in [2.05, 4.69) is 4.74 Å². The summed E-state index contributed by atoms with van der Waals surface area (Å²) in [6.07, 6.45) is -5.25. The lowest BCUT2D eigenvalue weighted by Crippen LogP contribution is -2.62. The number of hydrogen-bond donors (Lipinski definition) is 2. The quantitative estimate of drug-likeness (QED) is 0.834. The van der Waals surface area contributed by atoms with E-state index in [1.54, 1.807) is 0 Å². The zero-order chi connectivity index (χ0) is 16.4. The predicted octanol–water partition coefficient (Wildman–Crippen LogP) is 1.97. The molecule has 0 aliphatic heterocycles. The van der Waals surface area contributed by atoms with Crippen LogP contribution in [-0.2, 0) is 4.79 Å². The van der Waals surface area contributed by atoms with E-state index in [0.29, 0.717) is 0 Å². The third-order valence-electron chi connectivity index (χ3n) is 2.78. The highest BCUT2D eigenvalue weighted by molar-refractivity contribution is 5.98. The van der Waals surface area contributed by atoms with Crippen molar-refractivity contribution in [3.8, 4) is 5.75 Å². The highest BCUT2D eigenvalue weighted by Crippen LogP contribution is 2.31. The molecule has 5 nitrogen and oxygen atoms in total. The number of nitrogens with one attached hydrogen (secondary N) is 1. The van der Waals surface area contributed by atoms with Gasteiger partial charge in [0.1, 0.15) is 11.6 Å². The molecule has 2 N–H and O–H groups in total. The molecule has 1 atom stereocenters. The predicted molar refractivity (Wildman–Crippen MR) is 62.5 cm³/mol. The monoisotopic (exact) mass is 309 g/mol. The van der Waals surface area contributed by atoms with Gasteiger partial charge in [-0.25, -0.2) is 9.18 Å². The van der Waals surface area contributed by atoms with Crippen molar-refractivity contribution in [3.05, 3.63) is 29.6 Å². The number of aliphatic carboxylic acids is 1. The van der Waals surface area contributed by atoms with Gasteiger partial charge in [-0.2, -0.15) is 13.2 Å². The SMILES string of the molecule is COc1ccc(C(=O)NC(C)(C(=O)O)C(F)(F)F)c(F)c1. The molecule has 0 spiro atoms. The number of carboxylic acids is 1. The van der Waals surface area contributed by atoms with Crippen LogP contribution in [0.5, 0.6) is 5.75 Å². The van der Waals surface area contributed by atoms with Crippen LogP contribution in [0.15, 0.2) is 18.2 Å². The second-order valence-corrected chi connectivity index (χ2v) is 4.23. The molecule has 0 heterocycles. The van der Waals surface area contributed by atoms with Gasteiger partial charge in [-0.3, -0.25) is 4.79 Å². The van der Waals surface area contributed by atoms with Crippen molar-refractivity contribution in [2.75, 3.05) is 7.11 Å². The van der Waals surface area contributed by atoms with Crippen LogP contribution in [0.3, 0.4) is 0 Å². The molecule has 0 aromatic heterocycles. The lowest BCUT2D eigenvalue weighted by atomic mass is 10.0. The number of rotatable bonds is 4. The molecule has 1 unspecified atom stereocenters. The largest absolute Gasteiger partial charge is 0.497 e. The molecule has 21 heavy (non-hydrogen) atoms. The average molecular weight is 309 g/mol. The van der Waals surface area contributed by atoms with E-state index in [9.17, 15) is 27.2 Å². The maximum atomic E-state index is 13.6. The third-order valence-corrected chi connectivity index (χ3v) is 2.78. The fourth-order valence-electron chi connectivity index (χ4n) is 1.35. The first-order valence-electron chi connectivity index (χ1n) is 5.49. The molecule has 0 radical (unpaired) electrons. The standard InChI is InChI=1S/C12H11F4NO4/c1-11(10(19)20,12(14,15)16)17-9(18)7-4-3-6(21-2)5-8(7)13/h3-5H,1-2H3,(H,17,18)(H,19,20). The Morgan fingerprint density at radius 2 is 1.86 bits per heavy atom. The number of carboxylic acid groups (broad SMARTS) is 1. The number of hydrogen-bond acceptors (Lipinski definition) is 3. The van der Waals surface area contributed by atoms with Gasteiger partial charge in [0.2, 0.25) is 5.54 Å². The van der Waals surface area contributed by atoms with Crippen molar-refractivity contribution in [2.24, 2.45) is 0 Å². The smallest absolute Gasteiger partial charge is 0.422 e. The normalized spacial score (nSPS) is 14.2. The van der Waals surface area contributed by atoms with Crippen molar-refractivity contribution in [2.45, 2.75) is 18.6 Å². The molecule has 1 amide bonds. The van der Waals surface area contributed by atoms with Crippen LogP contribution in [0.1, 0.15) is 17.3 Å². The molecule has 1 rings (SSSR count). The minimum atomic E-state index is -5.25. The number of alkyl halides is 3. The average Bonchev–Trinajstić information content (AvgIpc) is 2.36. The van der Waals surface area contributed by atoms with Gasteiger partial charge in [0, 0.05) is 6.07 Å². The van der Waals surface area contributed by atoms with Gasteiger partial charge in [0.15, 0.2) is 0 Å². The van der Waals surface area contributed by atoms with E-state index < -0.39 is 35.0 Å².